The first-order valence-corrected chi connectivity index (χ1v) is 8.26. The highest BCUT2D eigenvalue weighted by molar-refractivity contribution is 8.00. The molecule has 0 spiro atoms. The van der Waals surface area contributed by atoms with Gasteiger partial charge in [0.15, 0.2) is 0 Å². The highest BCUT2D eigenvalue weighted by atomic mass is 32.2. The van der Waals surface area contributed by atoms with Crippen LogP contribution in [0.15, 0.2) is 0 Å². The average molecular weight is 250 g/mol. The molecule has 0 saturated carbocycles. The van der Waals surface area contributed by atoms with Crippen molar-refractivity contribution >= 4 is 21.8 Å². The lowest BCUT2D eigenvalue weighted by Gasteiger charge is -2.22. The Hall–Kier alpha value is 0.220. The van der Waals surface area contributed by atoms with Gasteiger partial charge >= 0.3 is 0 Å². The van der Waals surface area contributed by atoms with Gasteiger partial charge < -0.3 is 4.90 Å². The third-order valence-electron chi connectivity index (χ3n) is 2.84. The first-order valence-electron chi connectivity index (χ1n) is 5.46. The Morgan fingerprint density at radius 3 is 2.80 bits per heavy atom. The summed E-state index contributed by atoms with van der Waals surface area (Å²) in [7, 11) is -3.01. The summed E-state index contributed by atoms with van der Waals surface area (Å²) >= 11 is 1.74. The van der Waals surface area contributed by atoms with Gasteiger partial charge in [-0.2, -0.15) is 11.8 Å². The number of nitrogens with one attached hydrogen (secondary N) is 1. The summed E-state index contributed by atoms with van der Waals surface area (Å²) in [6, 6.07) is 0.112. The number of hydrogen-bond acceptors (Lipinski definition) is 4. The molecule has 0 aromatic rings. The molecule has 1 atom stereocenters. The molecule has 15 heavy (non-hydrogen) atoms. The van der Waals surface area contributed by atoms with E-state index in [2.05, 4.69) is 9.62 Å². The molecule has 4 nitrogen and oxygen atoms in total. The molecular weight excluding hydrogens is 232 g/mol. The number of thioether (sulfide) groups is 1. The van der Waals surface area contributed by atoms with Crippen LogP contribution in [0.25, 0.3) is 0 Å². The summed E-state index contributed by atoms with van der Waals surface area (Å²) in [5, 5.41) is 0. The molecule has 1 N–H and O–H groups in total. The molecule has 2 heterocycles. The SMILES string of the molecule is O=S1(=O)CCSC[C@@H](CN2CCCC2)N1. The maximum absolute atomic E-state index is 11.5. The monoisotopic (exact) mass is 250 g/mol. The molecule has 0 aromatic carbocycles. The number of nitrogens with zero attached hydrogens (tertiary/aromatic N) is 1. The lowest BCUT2D eigenvalue weighted by atomic mass is 10.3. The van der Waals surface area contributed by atoms with Gasteiger partial charge in [-0.25, -0.2) is 13.1 Å². The van der Waals surface area contributed by atoms with Gasteiger partial charge in [0.1, 0.15) is 0 Å². The van der Waals surface area contributed by atoms with E-state index < -0.39 is 10.0 Å². The number of sulfonamides is 1. The summed E-state index contributed by atoms with van der Waals surface area (Å²) in [6.45, 7) is 3.14. The minimum atomic E-state index is -3.01. The van der Waals surface area contributed by atoms with E-state index in [-0.39, 0.29) is 11.8 Å². The minimum absolute atomic E-state index is 0.112. The van der Waals surface area contributed by atoms with Crippen LogP contribution in [-0.4, -0.2) is 56.3 Å². The van der Waals surface area contributed by atoms with Gasteiger partial charge in [-0.3, -0.25) is 0 Å². The summed E-state index contributed by atoms with van der Waals surface area (Å²) in [6.07, 6.45) is 2.51. The molecule has 2 fully saturated rings. The summed E-state index contributed by atoms with van der Waals surface area (Å²) in [5.41, 5.74) is 0. The van der Waals surface area contributed by atoms with Crippen molar-refractivity contribution in [2.45, 2.75) is 18.9 Å². The Balaban J connectivity index is 1.89. The number of rotatable bonds is 2. The Morgan fingerprint density at radius 2 is 2.07 bits per heavy atom. The zero-order valence-electron chi connectivity index (χ0n) is 8.81. The van der Waals surface area contributed by atoms with Crippen molar-refractivity contribution in [3.8, 4) is 0 Å². The lowest BCUT2D eigenvalue weighted by Crippen LogP contribution is -2.44. The largest absolute Gasteiger partial charge is 0.302 e. The van der Waals surface area contributed by atoms with E-state index in [0.717, 1.165) is 31.1 Å². The first kappa shape index (κ1) is 11.7. The van der Waals surface area contributed by atoms with Crippen LogP contribution in [0.2, 0.25) is 0 Å². The molecular formula is C9H18N2O2S2. The van der Waals surface area contributed by atoms with Crippen LogP contribution in [-0.2, 0) is 10.0 Å². The Bertz CT molecular complexity index is 299. The van der Waals surface area contributed by atoms with Crippen LogP contribution < -0.4 is 4.72 Å². The van der Waals surface area contributed by atoms with Crippen molar-refractivity contribution in [1.29, 1.82) is 0 Å². The average Bonchev–Trinajstić information content (AvgIpc) is 2.58. The van der Waals surface area contributed by atoms with Crippen LogP contribution in [0.1, 0.15) is 12.8 Å². The molecule has 0 aromatic heterocycles. The predicted octanol–water partition coefficient (Wildman–Crippen LogP) is 0.117. The minimum Gasteiger partial charge on any atom is -0.302 e. The van der Waals surface area contributed by atoms with Gasteiger partial charge in [-0.15, -0.1) is 0 Å². The van der Waals surface area contributed by atoms with E-state index >= 15 is 0 Å². The normalized spacial score (nSPS) is 32.7. The van der Waals surface area contributed by atoms with Crippen molar-refractivity contribution in [2.24, 2.45) is 0 Å². The molecule has 0 bridgehead atoms. The number of hydrogen-bond donors (Lipinski definition) is 1. The van der Waals surface area contributed by atoms with E-state index in [4.69, 9.17) is 0 Å². The fraction of sp³-hybridized carbons (Fsp3) is 1.00. The van der Waals surface area contributed by atoms with Gasteiger partial charge in [0.2, 0.25) is 10.0 Å². The second-order valence-corrected chi connectivity index (χ2v) is 7.24. The zero-order valence-corrected chi connectivity index (χ0v) is 10.4. The second-order valence-electron chi connectivity index (χ2n) is 4.22. The quantitative estimate of drug-likeness (QED) is 0.756. The molecule has 0 radical (unpaired) electrons. The van der Waals surface area contributed by atoms with Crippen LogP contribution in [0.5, 0.6) is 0 Å². The molecule has 2 rings (SSSR count). The highest BCUT2D eigenvalue weighted by Crippen LogP contribution is 2.14. The van der Waals surface area contributed by atoms with Crippen LogP contribution in [0.4, 0.5) is 0 Å². The summed E-state index contributed by atoms with van der Waals surface area (Å²) in [5.74, 6) is 1.91. The van der Waals surface area contributed by atoms with Gasteiger partial charge in [0, 0.05) is 24.1 Å². The van der Waals surface area contributed by atoms with Crippen molar-refractivity contribution in [2.75, 3.05) is 36.9 Å². The molecule has 2 aliphatic rings. The first-order chi connectivity index (χ1) is 7.16. The fourth-order valence-electron chi connectivity index (χ4n) is 2.11. The second kappa shape index (κ2) is 5.03. The van der Waals surface area contributed by atoms with Crippen molar-refractivity contribution in [1.82, 2.24) is 9.62 Å². The van der Waals surface area contributed by atoms with Crippen LogP contribution >= 0.6 is 11.8 Å². The van der Waals surface area contributed by atoms with Crippen molar-refractivity contribution in [3.05, 3.63) is 0 Å². The van der Waals surface area contributed by atoms with Crippen LogP contribution in [0.3, 0.4) is 0 Å². The van der Waals surface area contributed by atoms with Crippen molar-refractivity contribution < 1.29 is 8.42 Å². The third-order valence-corrected chi connectivity index (χ3v) is 5.66. The maximum Gasteiger partial charge on any atom is 0.212 e. The van der Waals surface area contributed by atoms with Gasteiger partial charge in [-0.1, -0.05) is 0 Å². The van der Waals surface area contributed by atoms with E-state index in [1.807, 2.05) is 0 Å². The number of likely N-dealkylation sites (tertiary alicyclic amines) is 1. The zero-order chi connectivity index (χ0) is 10.7. The maximum atomic E-state index is 11.5. The van der Waals surface area contributed by atoms with Gasteiger partial charge in [0.25, 0.3) is 0 Å². The molecule has 2 saturated heterocycles. The van der Waals surface area contributed by atoms with E-state index in [1.165, 1.54) is 12.8 Å². The standard InChI is InChI=1S/C9H18N2O2S2/c12-15(13)6-5-14-8-9(10-15)7-11-3-1-2-4-11/h9-10H,1-8H2/t9-/m1/s1. The fourth-order valence-corrected chi connectivity index (χ4v) is 4.99. The Labute approximate surface area is 95.8 Å². The molecule has 0 amide bonds. The Morgan fingerprint density at radius 1 is 1.33 bits per heavy atom. The molecule has 0 unspecified atom stereocenters. The predicted molar refractivity (Wildman–Crippen MR) is 63.7 cm³/mol. The van der Waals surface area contributed by atoms with E-state index in [0.29, 0.717) is 0 Å². The summed E-state index contributed by atoms with van der Waals surface area (Å²) < 4.78 is 25.8. The molecule has 6 heteroatoms. The van der Waals surface area contributed by atoms with E-state index in [9.17, 15) is 8.42 Å². The lowest BCUT2D eigenvalue weighted by molar-refractivity contribution is 0.315. The Kier molecular flexibility index (Phi) is 3.93. The molecule has 2 aliphatic heterocycles. The molecule has 0 aliphatic carbocycles. The summed E-state index contributed by atoms with van der Waals surface area (Å²) in [4.78, 5) is 2.36. The highest BCUT2D eigenvalue weighted by Gasteiger charge is 2.24. The molecule has 88 valence electrons. The van der Waals surface area contributed by atoms with Gasteiger partial charge in [0.05, 0.1) is 5.75 Å². The van der Waals surface area contributed by atoms with Gasteiger partial charge in [-0.05, 0) is 25.9 Å². The topological polar surface area (TPSA) is 49.4 Å². The smallest absolute Gasteiger partial charge is 0.212 e. The van der Waals surface area contributed by atoms with Crippen LogP contribution in [0, 0.1) is 0 Å². The van der Waals surface area contributed by atoms with E-state index in [1.54, 1.807) is 11.8 Å². The third kappa shape index (κ3) is 3.62. The van der Waals surface area contributed by atoms with Crippen molar-refractivity contribution in [3.63, 3.8) is 0 Å².